The van der Waals surface area contributed by atoms with Crippen LogP contribution in [0.2, 0.25) is 5.02 Å². The van der Waals surface area contributed by atoms with Crippen LogP contribution in [-0.4, -0.2) is 10.2 Å². The van der Waals surface area contributed by atoms with Crippen molar-refractivity contribution < 1.29 is 9.18 Å². The molecule has 1 amide bonds. The van der Waals surface area contributed by atoms with Crippen LogP contribution in [0.3, 0.4) is 0 Å². The maximum atomic E-state index is 13.7. The molecule has 1 fully saturated rings. The summed E-state index contributed by atoms with van der Waals surface area (Å²) in [6, 6.07) is 13.1. The molecule has 0 saturated carbocycles. The zero-order valence-electron chi connectivity index (χ0n) is 11.1. The van der Waals surface area contributed by atoms with Gasteiger partial charge in [-0.2, -0.15) is 0 Å². The van der Waals surface area contributed by atoms with Crippen molar-refractivity contribution >= 4 is 57.6 Å². The molecular weight excluding hydrogens is 341 g/mol. The Kier molecular flexibility index (Phi) is 4.29. The van der Waals surface area contributed by atoms with E-state index in [1.807, 2.05) is 0 Å². The smallest absolute Gasteiger partial charge is 0.268 e. The zero-order valence-corrected chi connectivity index (χ0v) is 13.5. The fourth-order valence-corrected chi connectivity index (χ4v) is 3.43. The van der Waals surface area contributed by atoms with Gasteiger partial charge in [0.25, 0.3) is 5.91 Å². The normalized spacial score (nSPS) is 16.6. The molecule has 0 atom stereocenters. The molecule has 3 rings (SSSR count). The van der Waals surface area contributed by atoms with Crippen molar-refractivity contribution in [1.29, 1.82) is 0 Å². The van der Waals surface area contributed by atoms with Crippen LogP contribution in [0.5, 0.6) is 0 Å². The van der Waals surface area contributed by atoms with E-state index in [1.165, 1.54) is 17.0 Å². The molecule has 6 heteroatoms. The Morgan fingerprint density at radius 1 is 1.14 bits per heavy atom. The van der Waals surface area contributed by atoms with Crippen molar-refractivity contribution in [2.24, 2.45) is 0 Å². The Morgan fingerprint density at radius 2 is 1.82 bits per heavy atom. The van der Waals surface area contributed by atoms with Crippen molar-refractivity contribution in [1.82, 2.24) is 0 Å². The molecule has 0 aromatic heterocycles. The Balaban J connectivity index is 1.95. The van der Waals surface area contributed by atoms with Crippen LogP contribution in [-0.2, 0) is 4.79 Å². The number of carbonyl (C=O) groups is 1. The first-order chi connectivity index (χ1) is 10.6. The second-order valence-electron chi connectivity index (χ2n) is 4.52. The number of hydrogen-bond donors (Lipinski definition) is 0. The summed E-state index contributed by atoms with van der Waals surface area (Å²) in [5.41, 5.74) is 1.00. The molecule has 110 valence electrons. The molecule has 0 bridgehead atoms. The average Bonchev–Trinajstić information content (AvgIpc) is 2.77. The number of halogens is 2. The third-order valence-corrected chi connectivity index (χ3v) is 4.62. The van der Waals surface area contributed by atoms with Gasteiger partial charge in [0.05, 0.1) is 10.6 Å². The summed E-state index contributed by atoms with van der Waals surface area (Å²) in [4.78, 5) is 14.3. The van der Waals surface area contributed by atoms with Gasteiger partial charge in [0.1, 0.15) is 5.82 Å². The van der Waals surface area contributed by atoms with Gasteiger partial charge >= 0.3 is 0 Å². The van der Waals surface area contributed by atoms with E-state index in [0.717, 1.165) is 11.8 Å². The monoisotopic (exact) mass is 349 g/mol. The number of thioether (sulfide) groups is 1. The Morgan fingerprint density at radius 3 is 2.50 bits per heavy atom. The highest BCUT2D eigenvalue weighted by molar-refractivity contribution is 8.27. The maximum absolute atomic E-state index is 13.7. The lowest BCUT2D eigenvalue weighted by Crippen LogP contribution is -2.27. The Hall–Kier alpha value is -1.69. The van der Waals surface area contributed by atoms with Crippen molar-refractivity contribution in [2.75, 3.05) is 4.90 Å². The minimum atomic E-state index is -0.376. The van der Waals surface area contributed by atoms with Gasteiger partial charge in [-0.25, -0.2) is 4.39 Å². The summed E-state index contributed by atoms with van der Waals surface area (Å²) in [6.45, 7) is 0. The van der Waals surface area contributed by atoms with E-state index in [0.29, 0.717) is 25.5 Å². The summed E-state index contributed by atoms with van der Waals surface area (Å²) in [6.07, 6.45) is 1.52. The minimum Gasteiger partial charge on any atom is -0.268 e. The van der Waals surface area contributed by atoms with Crippen LogP contribution in [0, 0.1) is 5.82 Å². The van der Waals surface area contributed by atoms with E-state index in [2.05, 4.69) is 0 Å². The summed E-state index contributed by atoms with van der Waals surface area (Å²) >= 11 is 12.3. The van der Waals surface area contributed by atoms with E-state index in [-0.39, 0.29) is 11.7 Å². The molecule has 2 nitrogen and oxygen atoms in total. The second-order valence-corrected chi connectivity index (χ2v) is 6.63. The minimum absolute atomic E-state index is 0.263. The summed E-state index contributed by atoms with van der Waals surface area (Å²) in [7, 11) is 0. The van der Waals surface area contributed by atoms with E-state index in [9.17, 15) is 9.18 Å². The molecule has 1 heterocycles. The van der Waals surface area contributed by atoms with Crippen molar-refractivity contribution in [3.05, 3.63) is 69.8 Å². The molecule has 2 aromatic rings. The molecule has 0 aliphatic carbocycles. The van der Waals surface area contributed by atoms with Gasteiger partial charge < -0.3 is 0 Å². The van der Waals surface area contributed by atoms with Crippen LogP contribution in [0.1, 0.15) is 5.56 Å². The highest BCUT2D eigenvalue weighted by Crippen LogP contribution is 2.36. The van der Waals surface area contributed by atoms with Gasteiger partial charge in [-0.3, -0.25) is 9.69 Å². The van der Waals surface area contributed by atoms with Gasteiger partial charge in [0.15, 0.2) is 4.32 Å². The van der Waals surface area contributed by atoms with Gasteiger partial charge in [-0.05, 0) is 36.4 Å². The molecular formula is C16H9ClFNOS2. The highest BCUT2D eigenvalue weighted by Gasteiger charge is 2.33. The molecule has 0 spiro atoms. The largest absolute Gasteiger partial charge is 0.270 e. The lowest BCUT2D eigenvalue weighted by molar-refractivity contribution is -0.113. The molecule has 0 N–H and O–H groups in total. The molecule has 0 radical (unpaired) electrons. The second kappa shape index (κ2) is 6.20. The number of thiocarbonyl (C=S) groups is 1. The first-order valence-corrected chi connectivity index (χ1v) is 7.94. The van der Waals surface area contributed by atoms with E-state index >= 15 is 0 Å². The molecule has 1 aliphatic rings. The molecule has 2 aromatic carbocycles. The predicted octanol–water partition coefficient (Wildman–Crippen LogP) is 4.88. The van der Waals surface area contributed by atoms with Gasteiger partial charge in [-0.15, -0.1) is 0 Å². The fourth-order valence-electron chi connectivity index (χ4n) is 2.01. The summed E-state index contributed by atoms with van der Waals surface area (Å²) < 4.78 is 14.1. The maximum Gasteiger partial charge on any atom is 0.270 e. The van der Waals surface area contributed by atoms with Gasteiger partial charge in [-0.1, -0.05) is 53.8 Å². The Bertz CT molecular complexity index is 789. The first-order valence-electron chi connectivity index (χ1n) is 6.34. The number of amides is 1. The van der Waals surface area contributed by atoms with E-state index in [4.69, 9.17) is 23.8 Å². The SMILES string of the molecule is O=C1C(=Cc2ccccc2F)SC(=S)N1c1ccc(Cl)cc1. The summed E-state index contributed by atoms with van der Waals surface area (Å²) in [5, 5.41) is 0.580. The zero-order chi connectivity index (χ0) is 15.7. The van der Waals surface area contributed by atoms with Crippen LogP contribution < -0.4 is 4.90 Å². The van der Waals surface area contributed by atoms with E-state index < -0.39 is 0 Å². The standard InChI is InChI=1S/C16H9ClFNOS2/c17-11-5-7-12(8-6-11)19-15(20)14(22-16(19)21)9-10-3-1-2-4-13(10)18/h1-9H. The third kappa shape index (κ3) is 2.92. The molecule has 22 heavy (non-hydrogen) atoms. The molecule has 0 unspecified atom stereocenters. The Labute approximate surface area is 141 Å². The number of carbonyl (C=O) groups excluding carboxylic acids is 1. The highest BCUT2D eigenvalue weighted by atomic mass is 35.5. The lowest BCUT2D eigenvalue weighted by atomic mass is 10.2. The third-order valence-electron chi connectivity index (χ3n) is 3.07. The molecule has 1 aliphatic heterocycles. The van der Waals surface area contributed by atoms with Crippen molar-refractivity contribution in [3.63, 3.8) is 0 Å². The van der Waals surface area contributed by atoms with E-state index in [1.54, 1.807) is 42.5 Å². The van der Waals surface area contributed by atoms with Crippen LogP contribution >= 0.6 is 35.6 Å². The lowest BCUT2D eigenvalue weighted by Gasteiger charge is -2.14. The van der Waals surface area contributed by atoms with Crippen LogP contribution in [0.15, 0.2) is 53.4 Å². The molecule has 1 saturated heterocycles. The van der Waals surface area contributed by atoms with Gasteiger partial charge in [0.2, 0.25) is 0 Å². The summed E-state index contributed by atoms with van der Waals surface area (Å²) in [5.74, 6) is -0.639. The average molecular weight is 350 g/mol. The first kappa shape index (κ1) is 15.2. The topological polar surface area (TPSA) is 20.3 Å². The number of nitrogens with zero attached hydrogens (tertiary/aromatic N) is 1. The van der Waals surface area contributed by atoms with Gasteiger partial charge in [0, 0.05) is 10.6 Å². The van der Waals surface area contributed by atoms with Crippen LogP contribution in [0.25, 0.3) is 6.08 Å². The number of anilines is 1. The number of rotatable bonds is 2. The van der Waals surface area contributed by atoms with Crippen LogP contribution in [0.4, 0.5) is 10.1 Å². The number of hydrogen-bond acceptors (Lipinski definition) is 3. The predicted molar refractivity (Wildman–Crippen MR) is 93.5 cm³/mol. The fraction of sp³-hybridized carbons (Fsp3) is 0. The quantitative estimate of drug-likeness (QED) is 0.569. The number of benzene rings is 2. The van der Waals surface area contributed by atoms with Crippen molar-refractivity contribution in [3.8, 4) is 0 Å². The van der Waals surface area contributed by atoms with Crippen molar-refractivity contribution in [2.45, 2.75) is 0 Å².